The monoisotopic (exact) mass is 555 g/mol. The van der Waals surface area contributed by atoms with Gasteiger partial charge in [0.1, 0.15) is 5.82 Å². The van der Waals surface area contributed by atoms with Crippen LogP contribution in [0.15, 0.2) is 77.8 Å². The van der Waals surface area contributed by atoms with Crippen molar-refractivity contribution in [3.8, 4) is 0 Å². The highest BCUT2D eigenvalue weighted by molar-refractivity contribution is 8.26. The number of aromatic nitrogens is 1. The smallest absolute Gasteiger partial charge is 0.285 e. The molecule has 5 nitrogen and oxygen atoms in total. The minimum absolute atomic E-state index is 0.218. The third-order valence-corrected chi connectivity index (χ3v) is 7.48. The number of nitrogens with zero attached hydrogens (tertiary/aromatic N) is 2. The molecule has 2 heterocycles. The van der Waals surface area contributed by atoms with E-state index >= 15 is 0 Å². The first-order chi connectivity index (χ1) is 17.3. The van der Waals surface area contributed by atoms with Gasteiger partial charge in [-0.15, -0.1) is 0 Å². The van der Waals surface area contributed by atoms with E-state index in [-0.39, 0.29) is 4.32 Å². The lowest BCUT2D eigenvalue weighted by Gasteiger charge is -2.15. The highest BCUT2D eigenvalue weighted by Gasteiger charge is 2.34. The summed E-state index contributed by atoms with van der Waals surface area (Å²) >= 11 is 18.6. The molecule has 0 bridgehead atoms. The number of hydrogen-bond donors (Lipinski definition) is 1. The number of rotatable bonds is 5. The van der Waals surface area contributed by atoms with E-state index in [1.807, 2.05) is 35.0 Å². The van der Waals surface area contributed by atoms with Crippen LogP contribution in [0.2, 0.25) is 10.0 Å². The Kier molecular flexibility index (Phi) is 6.85. The topological polar surface area (TPSA) is 54.3 Å². The van der Waals surface area contributed by atoms with Crippen LogP contribution >= 0.6 is 47.2 Å². The summed E-state index contributed by atoms with van der Waals surface area (Å²) in [6.45, 7) is 0.422. The molecule has 4 aromatic rings. The zero-order chi connectivity index (χ0) is 25.4. The second-order valence-electron chi connectivity index (χ2n) is 7.93. The second-order valence-corrected chi connectivity index (χ2v) is 10.4. The van der Waals surface area contributed by atoms with Gasteiger partial charge in [0.2, 0.25) is 0 Å². The first-order valence-electron chi connectivity index (χ1n) is 10.7. The number of nitrogens with one attached hydrogen (secondary N) is 1. The molecule has 0 aliphatic carbocycles. The summed E-state index contributed by atoms with van der Waals surface area (Å²) in [6.07, 6.45) is 3.65. The van der Waals surface area contributed by atoms with Crippen LogP contribution in [0.5, 0.6) is 0 Å². The molecule has 10 heteroatoms. The van der Waals surface area contributed by atoms with Crippen molar-refractivity contribution in [3.05, 3.63) is 110 Å². The van der Waals surface area contributed by atoms with Gasteiger partial charge in [-0.05, 0) is 66.3 Å². The van der Waals surface area contributed by atoms with Crippen molar-refractivity contribution in [2.45, 2.75) is 6.54 Å². The first kappa shape index (κ1) is 24.5. The van der Waals surface area contributed by atoms with E-state index in [4.69, 9.17) is 35.4 Å². The molecule has 0 spiro atoms. The van der Waals surface area contributed by atoms with Crippen molar-refractivity contribution in [1.82, 2.24) is 15.0 Å². The van der Waals surface area contributed by atoms with Crippen LogP contribution in [0.4, 0.5) is 4.39 Å². The number of fused-ring (bicyclic) bond motifs is 1. The summed E-state index contributed by atoms with van der Waals surface area (Å²) in [5, 5.41) is 2.83. The highest BCUT2D eigenvalue weighted by atomic mass is 35.5. The Hall–Kier alpha value is -3.17. The maximum Gasteiger partial charge on any atom is 0.285 e. The number of carbonyl (C=O) groups is 2. The minimum atomic E-state index is -0.475. The Morgan fingerprint density at radius 3 is 2.58 bits per heavy atom. The van der Waals surface area contributed by atoms with Crippen molar-refractivity contribution in [3.63, 3.8) is 0 Å². The van der Waals surface area contributed by atoms with Crippen molar-refractivity contribution < 1.29 is 14.0 Å². The van der Waals surface area contributed by atoms with Crippen LogP contribution in [0.1, 0.15) is 21.5 Å². The van der Waals surface area contributed by atoms with Crippen molar-refractivity contribution in [2.24, 2.45) is 0 Å². The largest absolute Gasteiger partial charge is 0.342 e. The summed E-state index contributed by atoms with van der Waals surface area (Å²) in [7, 11) is 0. The molecule has 1 aliphatic heterocycles. The van der Waals surface area contributed by atoms with Crippen molar-refractivity contribution >= 4 is 80.3 Å². The van der Waals surface area contributed by atoms with Gasteiger partial charge < -0.3 is 4.57 Å². The fourth-order valence-corrected chi connectivity index (χ4v) is 5.35. The molecule has 1 N–H and O–H groups in total. The standard InChI is InChI=1S/C26H16Cl2FN3O2S2/c27-18-8-5-15(6-9-18)24(33)30-32-25(34)23(36-26(32)35)11-17-14-31(22-4-2-1-3-20(17)22)13-16-7-10-19(29)12-21(16)28/h1-12,14H,13H2,(H,30,33)/b23-11-. The number of hydrogen-bond acceptors (Lipinski definition) is 4. The third kappa shape index (κ3) is 4.90. The van der Waals surface area contributed by atoms with Gasteiger partial charge in [0.15, 0.2) is 4.32 Å². The SMILES string of the molecule is O=C(NN1C(=O)/C(=C/c2cn(Cc3ccc(F)cc3Cl)c3ccccc23)SC1=S)c1ccc(Cl)cc1. The van der Waals surface area contributed by atoms with E-state index in [1.165, 1.54) is 12.1 Å². The number of halogens is 3. The Labute approximate surface area is 225 Å². The van der Waals surface area contributed by atoms with E-state index in [2.05, 4.69) is 5.43 Å². The molecule has 0 atom stereocenters. The molecule has 0 unspecified atom stereocenters. The third-order valence-electron chi connectivity index (χ3n) is 5.58. The Morgan fingerprint density at radius 2 is 1.83 bits per heavy atom. The van der Waals surface area contributed by atoms with E-state index in [0.29, 0.717) is 27.1 Å². The van der Waals surface area contributed by atoms with Crippen LogP contribution in [0, 0.1) is 5.82 Å². The summed E-state index contributed by atoms with van der Waals surface area (Å²) in [5.74, 6) is -1.30. The predicted octanol–water partition coefficient (Wildman–Crippen LogP) is 6.68. The fraction of sp³-hybridized carbons (Fsp3) is 0.0385. The highest BCUT2D eigenvalue weighted by Crippen LogP contribution is 2.34. The van der Waals surface area contributed by atoms with Crippen LogP contribution in [-0.4, -0.2) is 25.7 Å². The molecule has 1 fully saturated rings. The van der Waals surface area contributed by atoms with Gasteiger partial charge >= 0.3 is 0 Å². The molecule has 36 heavy (non-hydrogen) atoms. The van der Waals surface area contributed by atoms with Gasteiger partial charge in [0.05, 0.1) is 4.91 Å². The lowest BCUT2D eigenvalue weighted by atomic mass is 10.1. The number of carbonyl (C=O) groups excluding carboxylic acids is 2. The van der Waals surface area contributed by atoms with Gasteiger partial charge in [-0.25, -0.2) is 4.39 Å². The quantitative estimate of drug-likeness (QED) is 0.220. The molecular formula is C26H16Cl2FN3O2S2. The summed E-state index contributed by atoms with van der Waals surface area (Å²) < 4.78 is 15.7. The molecule has 0 saturated carbocycles. The van der Waals surface area contributed by atoms with E-state index in [1.54, 1.807) is 36.4 Å². The van der Waals surface area contributed by atoms with E-state index in [0.717, 1.165) is 38.8 Å². The Morgan fingerprint density at radius 1 is 1.08 bits per heavy atom. The maximum absolute atomic E-state index is 13.5. The second kappa shape index (κ2) is 10.1. The lowest BCUT2D eigenvalue weighted by molar-refractivity contribution is -0.123. The van der Waals surface area contributed by atoms with Gasteiger partial charge in [0, 0.05) is 44.8 Å². The molecule has 1 aromatic heterocycles. The normalized spacial score (nSPS) is 14.8. The van der Waals surface area contributed by atoms with Gasteiger partial charge in [-0.3, -0.25) is 15.0 Å². The average Bonchev–Trinajstić information content (AvgIpc) is 3.33. The van der Waals surface area contributed by atoms with Crippen molar-refractivity contribution in [1.29, 1.82) is 0 Å². The molecule has 2 amide bonds. The maximum atomic E-state index is 13.5. The summed E-state index contributed by atoms with van der Waals surface area (Å²) in [5.41, 5.74) is 5.40. The molecule has 3 aromatic carbocycles. The zero-order valence-corrected chi connectivity index (χ0v) is 21.5. The Bertz CT molecular complexity index is 1570. The number of hydrazine groups is 1. The number of thioether (sulfide) groups is 1. The predicted molar refractivity (Wildman–Crippen MR) is 146 cm³/mol. The molecule has 0 radical (unpaired) electrons. The van der Waals surface area contributed by atoms with Crippen LogP contribution in [-0.2, 0) is 11.3 Å². The van der Waals surface area contributed by atoms with Crippen LogP contribution in [0.3, 0.4) is 0 Å². The van der Waals surface area contributed by atoms with Crippen molar-refractivity contribution in [2.75, 3.05) is 0 Å². The molecule has 5 rings (SSSR count). The zero-order valence-electron chi connectivity index (χ0n) is 18.4. The number of amides is 2. The van der Waals surface area contributed by atoms with E-state index in [9.17, 15) is 14.0 Å². The summed E-state index contributed by atoms with van der Waals surface area (Å²) in [6, 6.07) is 18.4. The molecular weight excluding hydrogens is 540 g/mol. The molecule has 180 valence electrons. The molecule has 1 saturated heterocycles. The number of thiocarbonyl (C=S) groups is 1. The first-order valence-corrected chi connectivity index (χ1v) is 12.6. The number of benzene rings is 3. The lowest BCUT2D eigenvalue weighted by Crippen LogP contribution is -2.44. The van der Waals surface area contributed by atoms with Crippen LogP contribution in [0.25, 0.3) is 17.0 Å². The Balaban J connectivity index is 1.43. The van der Waals surface area contributed by atoms with Gasteiger partial charge in [-0.1, -0.05) is 59.2 Å². The van der Waals surface area contributed by atoms with Gasteiger partial charge in [0.25, 0.3) is 11.8 Å². The van der Waals surface area contributed by atoms with E-state index < -0.39 is 17.6 Å². The molecule has 1 aliphatic rings. The van der Waals surface area contributed by atoms with Gasteiger partial charge in [-0.2, -0.15) is 5.01 Å². The van der Waals surface area contributed by atoms with Crippen LogP contribution < -0.4 is 5.43 Å². The fourth-order valence-electron chi connectivity index (χ4n) is 3.83. The minimum Gasteiger partial charge on any atom is -0.342 e. The number of para-hydroxylation sites is 1. The summed E-state index contributed by atoms with van der Waals surface area (Å²) in [4.78, 5) is 26.1. The average molecular weight is 556 g/mol.